The van der Waals surface area contributed by atoms with Crippen LogP contribution in [0, 0.1) is 24.2 Å². The van der Waals surface area contributed by atoms with Crippen molar-refractivity contribution >= 4 is 17.0 Å². The molecule has 0 saturated carbocycles. The molecule has 39 heavy (non-hydrogen) atoms. The number of anilines is 2. The topological polar surface area (TPSA) is 133 Å². The molecule has 11 nitrogen and oxygen atoms in total. The number of nitriles is 1. The van der Waals surface area contributed by atoms with E-state index in [1.165, 1.54) is 0 Å². The lowest BCUT2D eigenvalue weighted by molar-refractivity contribution is 0.103. The molecule has 1 atom stereocenters. The number of nitrogens with one attached hydrogen (secondary N) is 1. The molecule has 1 aliphatic heterocycles. The number of rotatable bonds is 7. The largest absolute Gasteiger partial charge is 0.389 e. The number of pyridine rings is 2. The summed E-state index contributed by atoms with van der Waals surface area (Å²) in [6.07, 6.45) is 2.89. The van der Waals surface area contributed by atoms with Gasteiger partial charge in [-0.1, -0.05) is 13.0 Å². The van der Waals surface area contributed by atoms with E-state index < -0.39 is 6.10 Å². The Morgan fingerprint density at radius 3 is 2.69 bits per heavy atom. The van der Waals surface area contributed by atoms with Crippen molar-refractivity contribution in [3.8, 4) is 23.1 Å². The first kappa shape index (κ1) is 24.7. The lowest BCUT2D eigenvalue weighted by atomic mass is 10.0. The van der Waals surface area contributed by atoms with Crippen LogP contribution in [-0.4, -0.2) is 57.7 Å². The van der Waals surface area contributed by atoms with E-state index in [1.54, 1.807) is 28.4 Å². The van der Waals surface area contributed by atoms with Crippen LogP contribution in [0.3, 0.4) is 0 Å². The van der Waals surface area contributed by atoms with Crippen LogP contribution in [0.1, 0.15) is 42.6 Å². The molecule has 0 spiro atoms. The Kier molecular flexibility index (Phi) is 6.26. The first-order valence-corrected chi connectivity index (χ1v) is 12.8. The van der Waals surface area contributed by atoms with E-state index in [0.717, 1.165) is 53.7 Å². The molecule has 0 amide bonds. The molecule has 2 N–H and O–H groups in total. The van der Waals surface area contributed by atoms with Gasteiger partial charge in [-0.25, -0.2) is 14.2 Å². The number of likely N-dealkylation sites (tertiary alicyclic amines) is 1. The van der Waals surface area contributed by atoms with Crippen molar-refractivity contribution in [1.82, 2.24) is 39.5 Å². The first-order valence-electron chi connectivity index (χ1n) is 12.8. The Balaban J connectivity index is 1.26. The number of nitrogens with zero attached hydrogens (tertiary/aromatic N) is 9. The average Bonchev–Trinajstić information content (AvgIpc) is 3.51. The molecular formula is C28H28N10O. The van der Waals surface area contributed by atoms with E-state index in [-0.39, 0.29) is 5.69 Å². The van der Waals surface area contributed by atoms with Crippen LogP contribution in [0.25, 0.3) is 22.6 Å². The van der Waals surface area contributed by atoms with Crippen LogP contribution < -0.4 is 5.32 Å². The van der Waals surface area contributed by atoms with Crippen molar-refractivity contribution in [3.05, 3.63) is 77.5 Å². The molecule has 1 aliphatic rings. The molecule has 6 heterocycles. The molecule has 1 saturated heterocycles. The Morgan fingerprint density at radius 2 is 2.00 bits per heavy atom. The molecular weight excluding hydrogens is 492 g/mol. The van der Waals surface area contributed by atoms with Crippen LogP contribution >= 0.6 is 0 Å². The van der Waals surface area contributed by atoms with E-state index in [9.17, 15) is 10.4 Å². The lowest BCUT2D eigenvalue weighted by Crippen LogP contribution is -2.44. The van der Waals surface area contributed by atoms with Gasteiger partial charge in [0.2, 0.25) is 0 Å². The number of aliphatic hydroxyl groups excluding tert-OH is 1. The third-order valence-corrected chi connectivity index (χ3v) is 6.87. The minimum absolute atomic E-state index is 0.289. The monoisotopic (exact) mass is 520 g/mol. The summed E-state index contributed by atoms with van der Waals surface area (Å²) < 4.78 is 3.37. The normalized spacial score (nSPS) is 14.7. The van der Waals surface area contributed by atoms with Gasteiger partial charge in [-0.15, -0.1) is 5.10 Å². The van der Waals surface area contributed by atoms with Gasteiger partial charge in [-0.05, 0) is 56.2 Å². The molecule has 11 heteroatoms. The SMILES string of the molecule is Cc1cc(C#N)nn1-c1nc(-c2cnn3cc(Nc4ccc(CN5CC(C)C5)nn4)ccc23)ccc1[C@@H](C)O. The van der Waals surface area contributed by atoms with Gasteiger partial charge in [0, 0.05) is 36.5 Å². The van der Waals surface area contributed by atoms with Crippen LogP contribution in [0.2, 0.25) is 0 Å². The Hall–Kier alpha value is -4.66. The van der Waals surface area contributed by atoms with Crippen molar-refractivity contribution in [3.63, 3.8) is 0 Å². The summed E-state index contributed by atoms with van der Waals surface area (Å²) in [5, 5.41) is 40.5. The Bertz CT molecular complexity index is 1690. The third kappa shape index (κ3) is 4.83. The highest BCUT2D eigenvalue weighted by atomic mass is 16.3. The molecule has 5 aromatic rings. The zero-order chi connectivity index (χ0) is 27.1. The van der Waals surface area contributed by atoms with E-state index >= 15 is 0 Å². The van der Waals surface area contributed by atoms with Crippen molar-refractivity contribution in [2.45, 2.75) is 33.4 Å². The molecule has 0 aliphatic carbocycles. The summed E-state index contributed by atoms with van der Waals surface area (Å²) in [7, 11) is 0. The number of aliphatic hydroxyl groups is 1. The summed E-state index contributed by atoms with van der Waals surface area (Å²) in [6, 6.07) is 15.3. The third-order valence-electron chi connectivity index (χ3n) is 6.87. The predicted molar refractivity (Wildman–Crippen MR) is 145 cm³/mol. The molecule has 5 aromatic heterocycles. The van der Waals surface area contributed by atoms with Crippen molar-refractivity contribution in [2.75, 3.05) is 18.4 Å². The molecule has 196 valence electrons. The van der Waals surface area contributed by atoms with E-state index in [4.69, 9.17) is 4.98 Å². The summed E-state index contributed by atoms with van der Waals surface area (Å²) in [5.74, 6) is 1.90. The van der Waals surface area contributed by atoms with E-state index in [2.05, 4.69) is 43.6 Å². The predicted octanol–water partition coefficient (Wildman–Crippen LogP) is 3.80. The molecule has 6 rings (SSSR count). The summed E-state index contributed by atoms with van der Waals surface area (Å²) in [4.78, 5) is 7.20. The maximum absolute atomic E-state index is 10.4. The fourth-order valence-corrected chi connectivity index (χ4v) is 4.95. The van der Waals surface area contributed by atoms with Crippen LogP contribution in [-0.2, 0) is 6.54 Å². The minimum Gasteiger partial charge on any atom is -0.389 e. The van der Waals surface area contributed by atoms with E-state index in [1.807, 2.05) is 49.5 Å². The van der Waals surface area contributed by atoms with Crippen molar-refractivity contribution in [2.24, 2.45) is 5.92 Å². The smallest absolute Gasteiger partial charge is 0.163 e. The second-order valence-corrected chi connectivity index (χ2v) is 10.1. The van der Waals surface area contributed by atoms with Crippen LogP contribution in [0.4, 0.5) is 11.5 Å². The second-order valence-electron chi connectivity index (χ2n) is 10.1. The number of aryl methyl sites for hydroxylation is 1. The Labute approximate surface area is 225 Å². The lowest BCUT2D eigenvalue weighted by Gasteiger charge is -2.36. The zero-order valence-electron chi connectivity index (χ0n) is 21.9. The average molecular weight is 521 g/mol. The highest BCUT2D eigenvalue weighted by molar-refractivity contribution is 5.79. The van der Waals surface area contributed by atoms with Gasteiger partial charge in [0.05, 0.1) is 41.1 Å². The van der Waals surface area contributed by atoms with Gasteiger partial charge in [-0.3, -0.25) is 4.90 Å². The number of fused-ring (bicyclic) bond motifs is 1. The fourth-order valence-electron chi connectivity index (χ4n) is 4.95. The second kappa shape index (κ2) is 9.90. The van der Waals surface area contributed by atoms with Crippen LogP contribution in [0.5, 0.6) is 0 Å². The van der Waals surface area contributed by atoms with Crippen molar-refractivity contribution < 1.29 is 5.11 Å². The van der Waals surface area contributed by atoms with Gasteiger partial charge in [0.15, 0.2) is 17.3 Å². The molecule has 0 radical (unpaired) electrons. The Morgan fingerprint density at radius 1 is 1.15 bits per heavy atom. The maximum atomic E-state index is 10.4. The summed E-state index contributed by atoms with van der Waals surface area (Å²) >= 11 is 0. The minimum atomic E-state index is -0.759. The van der Waals surface area contributed by atoms with Gasteiger partial charge in [-0.2, -0.15) is 20.6 Å². The molecule has 0 unspecified atom stereocenters. The number of aromatic nitrogens is 7. The van der Waals surface area contributed by atoms with E-state index in [0.29, 0.717) is 22.9 Å². The number of hydrogen-bond donors (Lipinski definition) is 2. The summed E-state index contributed by atoms with van der Waals surface area (Å²) in [5.41, 5.74) is 5.81. The number of hydrogen-bond acceptors (Lipinski definition) is 9. The molecule has 1 fully saturated rings. The first-order chi connectivity index (χ1) is 18.9. The highest BCUT2D eigenvalue weighted by Gasteiger charge is 2.22. The van der Waals surface area contributed by atoms with Gasteiger partial charge >= 0.3 is 0 Å². The maximum Gasteiger partial charge on any atom is 0.163 e. The van der Waals surface area contributed by atoms with Gasteiger partial charge in [0.1, 0.15) is 6.07 Å². The fraction of sp³-hybridized carbons (Fsp3) is 0.286. The van der Waals surface area contributed by atoms with Crippen LogP contribution in [0.15, 0.2) is 54.9 Å². The van der Waals surface area contributed by atoms with Gasteiger partial charge in [0.25, 0.3) is 0 Å². The summed E-state index contributed by atoms with van der Waals surface area (Å²) in [6.45, 7) is 8.83. The van der Waals surface area contributed by atoms with Gasteiger partial charge < -0.3 is 10.4 Å². The standard InChI is InChI=1S/C28H28N10O/c1-17-13-36(14-17)15-21-5-9-27(34-33-21)31-20-4-8-26-24(12-30-37(26)16-20)25-7-6-23(19(3)39)28(32-25)38-18(2)10-22(11-29)35-38/h4-10,12,16-17,19,39H,13-15H2,1-3H3,(H,31,34)/t19-/m1/s1. The quantitative estimate of drug-likeness (QED) is 0.329. The zero-order valence-corrected chi connectivity index (χ0v) is 21.9. The molecule has 0 aromatic carbocycles. The molecule has 0 bridgehead atoms. The highest BCUT2D eigenvalue weighted by Crippen LogP contribution is 2.29. The van der Waals surface area contributed by atoms with Crippen molar-refractivity contribution in [1.29, 1.82) is 5.26 Å².